The summed E-state index contributed by atoms with van der Waals surface area (Å²) < 4.78 is 5.44. The molecule has 98 valence electrons. The molecule has 0 unspecified atom stereocenters. The SMILES string of the molecule is CNc1cncc(Oc2cccc(C)c2[N+](=O)[O-])n1. The molecule has 1 aromatic heterocycles. The van der Waals surface area contributed by atoms with Crippen molar-refractivity contribution in [3.63, 3.8) is 0 Å². The van der Waals surface area contributed by atoms with Crippen molar-refractivity contribution in [2.75, 3.05) is 12.4 Å². The third-order valence-corrected chi connectivity index (χ3v) is 2.47. The number of hydrogen-bond acceptors (Lipinski definition) is 6. The van der Waals surface area contributed by atoms with Crippen LogP contribution in [-0.2, 0) is 0 Å². The third-order valence-electron chi connectivity index (χ3n) is 2.47. The van der Waals surface area contributed by atoms with Crippen LogP contribution in [0.15, 0.2) is 30.6 Å². The molecule has 19 heavy (non-hydrogen) atoms. The lowest BCUT2D eigenvalue weighted by molar-refractivity contribution is -0.386. The summed E-state index contributed by atoms with van der Waals surface area (Å²) >= 11 is 0. The van der Waals surface area contributed by atoms with Crippen molar-refractivity contribution in [2.45, 2.75) is 6.92 Å². The van der Waals surface area contributed by atoms with Crippen molar-refractivity contribution in [2.24, 2.45) is 0 Å². The van der Waals surface area contributed by atoms with E-state index in [4.69, 9.17) is 4.74 Å². The van der Waals surface area contributed by atoms with Crippen LogP contribution < -0.4 is 10.1 Å². The van der Waals surface area contributed by atoms with Crippen LogP contribution in [0.3, 0.4) is 0 Å². The second-order valence-electron chi connectivity index (χ2n) is 3.77. The number of anilines is 1. The lowest BCUT2D eigenvalue weighted by Crippen LogP contribution is -1.99. The first-order valence-corrected chi connectivity index (χ1v) is 5.53. The summed E-state index contributed by atoms with van der Waals surface area (Å²) in [5.41, 5.74) is 0.458. The molecule has 0 aliphatic heterocycles. The topological polar surface area (TPSA) is 90.2 Å². The zero-order valence-electron chi connectivity index (χ0n) is 10.5. The van der Waals surface area contributed by atoms with Crippen molar-refractivity contribution in [1.82, 2.24) is 9.97 Å². The molecule has 7 nitrogen and oxygen atoms in total. The van der Waals surface area contributed by atoms with Crippen LogP contribution in [0.2, 0.25) is 0 Å². The Morgan fingerprint density at radius 3 is 2.84 bits per heavy atom. The second kappa shape index (κ2) is 5.30. The van der Waals surface area contributed by atoms with Crippen LogP contribution in [0, 0.1) is 17.0 Å². The highest BCUT2D eigenvalue weighted by molar-refractivity contribution is 5.53. The minimum absolute atomic E-state index is 0.0702. The molecule has 0 saturated heterocycles. The molecular weight excluding hydrogens is 248 g/mol. The number of hydrogen-bond donors (Lipinski definition) is 1. The van der Waals surface area contributed by atoms with Crippen molar-refractivity contribution in [3.05, 3.63) is 46.3 Å². The molecule has 2 rings (SSSR count). The Morgan fingerprint density at radius 2 is 2.16 bits per heavy atom. The number of ether oxygens (including phenoxy) is 1. The molecule has 7 heteroatoms. The predicted octanol–water partition coefficient (Wildman–Crippen LogP) is 2.53. The fraction of sp³-hybridized carbons (Fsp3) is 0.167. The zero-order valence-corrected chi connectivity index (χ0v) is 10.5. The number of rotatable bonds is 4. The van der Waals surface area contributed by atoms with E-state index in [0.29, 0.717) is 11.4 Å². The minimum atomic E-state index is -0.472. The Kier molecular flexibility index (Phi) is 3.56. The van der Waals surface area contributed by atoms with Crippen molar-refractivity contribution in [1.29, 1.82) is 0 Å². The van der Waals surface area contributed by atoms with E-state index in [1.165, 1.54) is 18.5 Å². The Bertz CT molecular complexity index is 616. The van der Waals surface area contributed by atoms with Gasteiger partial charge in [-0.05, 0) is 13.0 Å². The fourth-order valence-electron chi connectivity index (χ4n) is 1.58. The maximum Gasteiger partial charge on any atom is 0.314 e. The lowest BCUT2D eigenvalue weighted by atomic mass is 10.2. The van der Waals surface area contributed by atoms with Gasteiger partial charge in [0.2, 0.25) is 11.6 Å². The van der Waals surface area contributed by atoms with Crippen LogP contribution in [0.4, 0.5) is 11.5 Å². The van der Waals surface area contributed by atoms with Gasteiger partial charge in [-0.25, -0.2) is 0 Å². The maximum absolute atomic E-state index is 11.0. The first kappa shape index (κ1) is 12.7. The standard InChI is InChI=1S/C12H12N4O3/c1-8-4-3-5-9(12(8)16(17)18)19-11-7-14-6-10(13-2)15-11/h3-7H,1-2H3,(H,13,15). The molecular formula is C12H12N4O3. The van der Waals surface area contributed by atoms with Gasteiger partial charge in [0.05, 0.1) is 17.3 Å². The van der Waals surface area contributed by atoms with E-state index in [0.717, 1.165) is 0 Å². The van der Waals surface area contributed by atoms with Crippen LogP contribution in [0.1, 0.15) is 5.56 Å². The van der Waals surface area contributed by atoms with Gasteiger partial charge in [0.15, 0.2) is 0 Å². The van der Waals surface area contributed by atoms with Gasteiger partial charge in [-0.1, -0.05) is 12.1 Å². The highest BCUT2D eigenvalue weighted by Gasteiger charge is 2.19. The largest absolute Gasteiger partial charge is 0.430 e. The zero-order chi connectivity index (χ0) is 13.8. The number of nitrogens with zero attached hydrogens (tertiary/aromatic N) is 3. The molecule has 2 aromatic rings. The van der Waals surface area contributed by atoms with Gasteiger partial charge in [0.25, 0.3) is 0 Å². The van der Waals surface area contributed by atoms with E-state index in [2.05, 4.69) is 15.3 Å². The normalized spacial score (nSPS) is 10.0. The lowest BCUT2D eigenvalue weighted by Gasteiger charge is -2.07. The third kappa shape index (κ3) is 2.76. The number of benzene rings is 1. The van der Waals surface area contributed by atoms with Gasteiger partial charge in [-0.15, -0.1) is 0 Å². The Labute approximate surface area is 109 Å². The summed E-state index contributed by atoms with van der Waals surface area (Å²) in [4.78, 5) is 18.6. The van der Waals surface area contributed by atoms with E-state index in [-0.39, 0.29) is 17.3 Å². The first-order chi connectivity index (χ1) is 9.11. The van der Waals surface area contributed by atoms with Gasteiger partial charge >= 0.3 is 5.69 Å². The summed E-state index contributed by atoms with van der Waals surface area (Å²) in [6.45, 7) is 1.65. The molecule has 0 spiro atoms. The average molecular weight is 260 g/mol. The minimum Gasteiger partial charge on any atom is -0.430 e. The molecule has 1 heterocycles. The number of nitro benzene ring substituents is 1. The molecule has 0 atom stereocenters. The first-order valence-electron chi connectivity index (χ1n) is 5.53. The Hall–Kier alpha value is -2.70. The molecule has 0 amide bonds. The maximum atomic E-state index is 11.0. The molecule has 0 aliphatic rings. The van der Waals surface area contributed by atoms with Gasteiger partial charge in [-0.2, -0.15) is 4.98 Å². The number of aromatic nitrogens is 2. The Balaban J connectivity index is 2.38. The van der Waals surface area contributed by atoms with Crippen LogP contribution in [0.25, 0.3) is 0 Å². The van der Waals surface area contributed by atoms with E-state index >= 15 is 0 Å². The van der Waals surface area contributed by atoms with E-state index in [1.807, 2.05) is 0 Å². The molecule has 0 radical (unpaired) electrons. The summed E-state index contributed by atoms with van der Waals surface area (Å²) in [6.07, 6.45) is 2.92. The van der Waals surface area contributed by atoms with E-state index < -0.39 is 4.92 Å². The van der Waals surface area contributed by atoms with E-state index in [9.17, 15) is 10.1 Å². The van der Waals surface area contributed by atoms with Crippen molar-refractivity contribution in [3.8, 4) is 11.6 Å². The Morgan fingerprint density at radius 1 is 1.37 bits per heavy atom. The molecule has 0 fully saturated rings. The molecule has 1 aromatic carbocycles. The monoisotopic (exact) mass is 260 g/mol. The summed E-state index contributed by atoms with van der Waals surface area (Å²) in [6, 6.07) is 4.87. The van der Waals surface area contributed by atoms with Gasteiger partial charge in [0.1, 0.15) is 5.82 Å². The second-order valence-corrected chi connectivity index (χ2v) is 3.77. The molecule has 1 N–H and O–H groups in total. The molecule has 0 saturated carbocycles. The van der Waals surface area contributed by atoms with Gasteiger partial charge in [-0.3, -0.25) is 15.1 Å². The van der Waals surface area contributed by atoms with E-state index in [1.54, 1.807) is 26.1 Å². The summed E-state index contributed by atoms with van der Waals surface area (Å²) in [5, 5.41) is 13.8. The number of nitro groups is 1. The predicted molar refractivity (Wildman–Crippen MR) is 69.5 cm³/mol. The quantitative estimate of drug-likeness (QED) is 0.671. The van der Waals surface area contributed by atoms with Crippen LogP contribution in [-0.4, -0.2) is 21.9 Å². The highest BCUT2D eigenvalue weighted by Crippen LogP contribution is 2.33. The number of para-hydroxylation sites is 1. The number of aryl methyl sites for hydroxylation is 1. The summed E-state index contributed by atoms with van der Waals surface area (Å²) in [5.74, 6) is 0.862. The smallest absolute Gasteiger partial charge is 0.314 e. The van der Waals surface area contributed by atoms with Crippen LogP contribution in [0.5, 0.6) is 11.6 Å². The fourth-order valence-corrected chi connectivity index (χ4v) is 1.58. The van der Waals surface area contributed by atoms with Crippen molar-refractivity contribution >= 4 is 11.5 Å². The molecule has 0 aliphatic carbocycles. The summed E-state index contributed by atoms with van der Waals surface area (Å²) in [7, 11) is 1.70. The average Bonchev–Trinajstić information content (AvgIpc) is 2.38. The molecule has 0 bridgehead atoms. The van der Waals surface area contributed by atoms with Gasteiger partial charge in [0, 0.05) is 12.6 Å². The van der Waals surface area contributed by atoms with Crippen molar-refractivity contribution < 1.29 is 9.66 Å². The van der Waals surface area contributed by atoms with Crippen LogP contribution >= 0.6 is 0 Å². The highest BCUT2D eigenvalue weighted by atomic mass is 16.6. The number of nitrogens with one attached hydrogen (secondary N) is 1. The van der Waals surface area contributed by atoms with Gasteiger partial charge < -0.3 is 10.1 Å².